The number of hydrogen-bond donors (Lipinski definition) is 1. The van der Waals surface area contributed by atoms with Crippen LogP contribution in [0.2, 0.25) is 0 Å². The molecule has 0 amide bonds. The van der Waals surface area contributed by atoms with Gasteiger partial charge in [0.15, 0.2) is 11.6 Å². The molecule has 5 heteroatoms. The Balaban J connectivity index is 2.93. The molecule has 0 saturated carbocycles. The minimum atomic E-state index is -0.444. The number of carbonyl (C=O) groups is 1. The highest BCUT2D eigenvalue weighted by Gasteiger charge is 2.12. The van der Waals surface area contributed by atoms with E-state index >= 15 is 0 Å². The summed E-state index contributed by atoms with van der Waals surface area (Å²) in [4.78, 5) is 15.0. The lowest BCUT2D eigenvalue weighted by Gasteiger charge is -2.07. The van der Waals surface area contributed by atoms with Gasteiger partial charge in [0, 0.05) is 13.5 Å². The molecule has 1 aromatic heterocycles. The maximum Gasteiger partial charge on any atom is 0.195 e. The predicted octanol–water partition coefficient (Wildman–Crippen LogP) is 0.938. The minimum absolute atomic E-state index is 0.177. The van der Waals surface area contributed by atoms with Crippen LogP contribution in [-0.4, -0.2) is 27.1 Å². The van der Waals surface area contributed by atoms with Crippen LogP contribution in [0.3, 0.4) is 0 Å². The van der Waals surface area contributed by atoms with Gasteiger partial charge in [-0.2, -0.15) is 0 Å². The summed E-state index contributed by atoms with van der Waals surface area (Å²) in [7, 11) is 0. The quantitative estimate of drug-likeness (QED) is 0.719. The van der Waals surface area contributed by atoms with E-state index in [9.17, 15) is 9.18 Å². The van der Waals surface area contributed by atoms with Crippen molar-refractivity contribution in [1.29, 1.82) is 0 Å². The number of aromatic nitrogens is 2. The molecule has 1 N–H and O–H groups in total. The van der Waals surface area contributed by atoms with Crippen LogP contribution in [-0.2, 0) is 13.2 Å². The largest absolute Gasteiger partial charge is 0.390 e. The Morgan fingerprint density at radius 2 is 2.43 bits per heavy atom. The zero-order valence-electron chi connectivity index (χ0n) is 8.03. The third kappa shape index (κ3) is 2.17. The van der Waals surface area contributed by atoms with Gasteiger partial charge in [0.05, 0.1) is 25.2 Å². The predicted molar refractivity (Wildman–Crippen MR) is 48.7 cm³/mol. The standard InChI is InChI=1S/C9H13FN2O2/c1-7(14)9-11-5-8(6-13)12(9)4-2-3-10/h5,13H,2-4,6H2,1H3. The lowest BCUT2D eigenvalue weighted by atomic mass is 10.3. The van der Waals surface area contributed by atoms with Gasteiger partial charge in [-0.15, -0.1) is 0 Å². The second kappa shape index (κ2) is 4.85. The number of ketones is 1. The minimum Gasteiger partial charge on any atom is -0.390 e. The van der Waals surface area contributed by atoms with E-state index < -0.39 is 6.67 Å². The molecule has 0 aliphatic rings. The number of aliphatic hydroxyl groups excluding tert-OH is 1. The number of halogens is 1. The Morgan fingerprint density at radius 1 is 1.71 bits per heavy atom. The van der Waals surface area contributed by atoms with Gasteiger partial charge in [0.25, 0.3) is 0 Å². The number of carbonyl (C=O) groups excluding carboxylic acids is 1. The molecule has 78 valence electrons. The molecule has 0 atom stereocenters. The van der Waals surface area contributed by atoms with Crippen LogP contribution in [0.4, 0.5) is 4.39 Å². The summed E-state index contributed by atoms with van der Waals surface area (Å²) in [5.74, 6) is 0.103. The Labute approximate surface area is 81.4 Å². The van der Waals surface area contributed by atoms with Crippen molar-refractivity contribution in [3.8, 4) is 0 Å². The van der Waals surface area contributed by atoms with E-state index in [-0.39, 0.29) is 18.2 Å². The number of rotatable bonds is 5. The summed E-state index contributed by atoms with van der Waals surface area (Å²) in [5, 5.41) is 8.95. The van der Waals surface area contributed by atoms with Crippen LogP contribution in [0.25, 0.3) is 0 Å². The number of alkyl halides is 1. The Bertz CT molecular complexity index is 323. The molecule has 0 saturated heterocycles. The van der Waals surface area contributed by atoms with Gasteiger partial charge >= 0.3 is 0 Å². The highest BCUT2D eigenvalue weighted by Crippen LogP contribution is 2.07. The molecular formula is C9H13FN2O2. The van der Waals surface area contributed by atoms with Crippen molar-refractivity contribution in [2.45, 2.75) is 26.5 Å². The van der Waals surface area contributed by atoms with E-state index in [4.69, 9.17) is 5.11 Å². The van der Waals surface area contributed by atoms with Gasteiger partial charge in [-0.1, -0.05) is 0 Å². The van der Waals surface area contributed by atoms with Gasteiger partial charge in [-0.3, -0.25) is 9.18 Å². The number of aliphatic hydroxyl groups is 1. The molecule has 1 aromatic rings. The first-order chi connectivity index (χ1) is 6.70. The third-order valence-electron chi connectivity index (χ3n) is 1.93. The number of imidazole rings is 1. The molecular weight excluding hydrogens is 187 g/mol. The van der Waals surface area contributed by atoms with Crippen LogP contribution in [0, 0.1) is 0 Å². The van der Waals surface area contributed by atoms with Crippen molar-refractivity contribution in [2.75, 3.05) is 6.67 Å². The average molecular weight is 200 g/mol. The molecule has 14 heavy (non-hydrogen) atoms. The molecule has 0 radical (unpaired) electrons. The first kappa shape index (κ1) is 10.8. The van der Waals surface area contributed by atoms with Gasteiger partial charge in [0.1, 0.15) is 0 Å². The van der Waals surface area contributed by atoms with Crippen LogP contribution in [0.15, 0.2) is 6.20 Å². The second-order valence-electron chi connectivity index (χ2n) is 2.98. The Hall–Kier alpha value is -1.23. The fourth-order valence-corrected chi connectivity index (χ4v) is 1.29. The van der Waals surface area contributed by atoms with Gasteiger partial charge in [-0.05, 0) is 6.42 Å². The SMILES string of the molecule is CC(=O)c1ncc(CO)n1CCCF. The summed E-state index contributed by atoms with van der Waals surface area (Å²) in [6, 6.07) is 0. The number of hydrogen-bond acceptors (Lipinski definition) is 3. The fourth-order valence-electron chi connectivity index (χ4n) is 1.29. The Morgan fingerprint density at radius 3 is 2.93 bits per heavy atom. The fraction of sp³-hybridized carbons (Fsp3) is 0.556. The summed E-state index contributed by atoms with van der Waals surface area (Å²) < 4.78 is 13.5. The van der Waals surface area contributed by atoms with Crippen molar-refractivity contribution in [1.82, 2.24) is 9.55 Å². The highest BCUT2D eigenvalue weighted by atomic mass is 19.1. The van der Waals surface area contributed by atoms with E-state index in [1.807, 2.05) is 0 Å². The number of nitrogens with zero attached hydrogens (tertiary/aromatic N) is 2. The molecule has 0 bridgehead atoms. The molecule has 4 nitrogen and oxygen atoms in total. The van der Waals surface area contributed by atoms with Gasteiger partial charge in [0.2, 0.25) is 0 Å². The lowest BCUT2D eigenvalue weighted by molar-refractivity contribution is 0.0998. The average Bonchev–Trinajstić information content (AvgIpc) is 2.57. The van der Waals surface area contributed by atoms with E-state index in [1.54, 1.807) is 4.57 Å². The van der Waals surface area contributed by atoms with Gasteiger partial charge < -0.3 is 9.67 Å². The maximum absolute atomic E-state index is 12.0. The van der Waals surface area contributed by atoms with Crippen LogP contribution in [0.5, 0.6) is 0 Å². The molecule has 0 aliphatic carbocycles. The van der Waals surface area contributed by atoms with Crippen LogP contribution < -0.4 is 0 Å². The van der Waals surface area contributed by atoms with Crippen molar-refractivity contribution in [3.05, 3.63) is 17.7 Å². The van der Waals surface area contributed by atoms with Gasteiger partial charge in [-0.25, -0.2) is 4.98 Å². The smallest absolute Gasteiger partial charge is 0.195 e. The highest BCUT2D eigenvalue weighted by molar-refractivity contribution is 5.90. The van der Waals surface area contributed by atoms with E-state index in [1.165, 1.54) is 13.1 Å². The van der Waals surface area contributed by atoms with Crippen LogP contribution >= 0.6 is 0 Å². The summed E-state index contributed by atoms with van der Waals surface area (Å²) in [6.45, 7) is 1.14. The summed E-state index contributed by atoms with van der Waals surface area (Å²) in [5.41, 5.74) is 0.545. The monoisotopic (exact) mass is 200 g/mol. The molecule has 1 rings (SSSR count). The van der Waals surface area contributed by atoms with Crippen molar-refractivity contribution >= 4 is 5.78 Å². The van der Waals surface area contributed by atoms with E-state index in [2.05, 4.69) is 4.98 Å². The van der Waals surface area contributed by atoms with Crippen LogP contribution in [0.1, 0.15) is 29.7 Å². The Kier molecular flexibility index (Phi) is 3.76. The first-order valence-corrected chi connectivity index (χ1v) is 4.43. The normalized spacial score (nSPS) is 10.5. The summed E-state index contributed by atoms with van der Waals surface area (Å²) in [6.07, 6.45) is 1.76. The first-order valence-electron chi connectivity index (χ1n) is 4.43. The topological polar surface area (TPSA) is 55.1 Å². The molecule has 0 spiro atoms. The van der Waals surface area contributed by atoms with E-state index in [0.717, 1.165) is 0 Å². The molecule has 0 unspecified atom stereocenters. The van der Waals surface area contributed by atoms with Crippen molar-refractivity contribution in [3.63, 3.8) is 0 Å². The van der Waals surface area contributed by atoms with Crippen molar-refractivity contribution in [2.24, 2.45) is 0 Å². The molecule has 0 aromatic carbocycles. The molecule has 1 heterocycles. The zero-order valence-corrected chi connectivity index (χ0v) is 8.03. The number of Topliss-reactive ketones (excluding diaryl/α,β-unsaturated/α-hetero) is 1. The summed E-state index contributed by atoms with van der Waals surface area (Å²) >= 11 is 0. The molecule has 0 fully saturated rings. The third-order valence-corrected chi connectivity index (χ3v) is 1.93. The zero-order chi connectivity index (χ0) is 10.6. The maximum atomic E-state index is 12.0. The van der Waals surface area contributed by atoms with Crippen molar-refractivity contribution < 1.29 is 14.3 Å². The van der Waals surface area contributed by atoms with E-state index in [0.29, 0.717) is 18.7 Å². The molecule has 0 aliphatic heterocycles. The second-order valence-corrected chi connectivity index (χ2v) is 2.98. The lowest BCUT2D eigenvalue weighted by Crippen LogP contribution is -2.11.